The van der Waals surface area contributed by atoms with Gasteiger partial charge in [0, 0.05) is 23.9 Å². The summed E-state index contributed by atoms with van der Waals surface area (Å²) >= 11 is 1.66. The maximum absolute atomic E-state index is 12.3. The van der Waals surface area contributed by atoms with Crippen LogP contribution in [0.15, 0.2) is 35.7 Å². The van der Waals surface area contributed by atoms with E-state index >= 15 is 0 Å². The van der Waals surface area contributed by atoms with Gasteiger partial charge in [-0.25, -0.2) is 4.79 Å². The van der Waals surface area contributed by atoms with Crippen LogP contribution in [0, 0.1) is 0 Å². The number of nitrogens with zero attached hydrogens (tertiary/aromatic N) is 1. The average Bonchev–Trinajstić information content (AvgIpc) is 3.32. The van der Waals surface area contributed by atoms with Crippen molar-refractivity contribution in [2.45, 2.75) is 18.9 Å². The number of amides is 2. The van der Waals surface area contributed by atoms with E-state index < -0.39 is 0 Å². The van der Waals surface area contributed by atoms with E-state index in [1.54, 1.807) is 11.3 Å². The molecule has 5 nitrogen and oxygen atoms in total. The zero-order valence-electron chi connectivity index (χ0n) is 12.7. The fraction of sp³-hybridized carbons (Fsp3) is 0.353. The Labute approximate surface area is 138 Å². The summed E-state index contributed by atoms with van der Waals surface area (Å²) in [4.78, 5) is 15.3. The molecule has 1 aromatic heterocycles. The zero-order chi connectivity index (χ0) is 15.6. The molecule has 0 spiro atoms. The summed E-state index contributed by atoms with van der Waals surface area (Å²) < 4.78 is 10.8. The number of carbonyl (C=O) groups is 1. The van der Waals surface area contributed by atoms with Gasteiger partial charge in [0.25, 0.3) is 0 Å². The minimum atomic E-state index is 0.0154. The summed E-state index contributed by atoms with van der Waals surface area (Å²) in [7, 11) is 0. The minimum absolute atomic E-state index is 0.0154. The normalized spacial score (nSPS) is 19.1. The van der Waals surface area contributed by atoms with Crippen LogP contribution in [0.5, 0.6) is 11.5 Å². The molecule has 120 valence electrons. The van der Waals surface area contributed by atoms with Crippen molar-refractivity contribution in [3.8, 4) is 11.5 Å². The van der Waals surface area contributed by atoms with Crippen LogP contribution in [0.25, 0.3) is 0 Å². The molecular weight excluding hydrogens is 312 g/mol. The van der Waals surface area contributed by atoms with Crippen molar-refractivity contribution < 1.29 is 14.3 Å². The maximum Gasteiger partial charge on any atom is 0.317 e. The molecule has 6 heteroatoms. The lowest BCUT2D eigenvalue weighted by Gasteiger charge is -2.17. The molecule has 0 aliphatic carbocycles. The summed E-state index contributed by atoms with van der Waals surface area (Å²) in [5, 5.41) is 5.01. The van der Waals surface area contributed by atoms with Gasteiger partial charge < -0.3 is 19.7 Å². The third-order valence-corrected chi connectivity index (χ3v) is 5.21. The Morgan fingerprint density at radius 2 is 2.22 bits per heavy atom. The summed E-state index contributed by atoms with van der Waals surface area (Å²) in [5.74, 6) is 1.97. The van der Waals surface area contributed by atoms with Gasteiger partial charge in [-0.3, -0.25) is 0 Å². The van der Waals surface area contributed by atoms with E-state index in [4.69, 9.17) is 9.47 Å². The number of hydrogen-bond acceptors (Lipinski definition) is 4. The SMILES string of the molecule is O=C(NCc1cccs1)N1CCC(c2ccc3c(c2)OCO3)C1. The molecule has 1 saturated heterocycles. The predicted molar refractivity (Wildman–Crippen MR) is 88.1 cm³/mol. The van der Waals surface area contributed by atoms with E-state index in [-0.39, 0.29) is 6.03 Å². The maximum atomic E-state index is 12.3. The lowest BCUT2D eigenvalue weighted by molar-refractivity contribution is 0.174. The highest BCUT2D eigenvalue weighted by atomic mass is 32.1. The topological polar surface area (TPSA) is 50.8 Å². The van der Waals surface area contributed by atoms with E-state index in [0.717, 1.165) is 31.0 Å². The minimum Gasteiger partial charge on any atom is -0.454 e. The molecule has 1 unspecified atom stereocenters. The molecule has 0 bridgehead atoms. The summed E-state index contributed by atoms with van der Waals surface area (Å²) in [6, 6.07) is 10.1. The molecule has 3 heterocycles. The van der Waals surface area contributed by atoms with E-state index in [9.17, 15) is 4.79 Å². The third kappa shape index (κ3) is 2.99. The van der Waals surface area contributed by atoms with Crippen LogP contribution in [0.3, 0.4) is 0 Å². The number of hydrogen-bond donors (Lipinski definition) is 1. The number of benzene rings is 1. The van der Waals surface area contributed by atoms with Crippen molar-refractivity contribution in [3.05, 3.63) is 46.2 Å². The highest BCUT2D eigenvalue weighted by molar-refractivity contribution is 7.09. The molecule has 0 radical (unpaired) electrons. The van der Waals surface area contributed by atoms with Crippen LogP contribution < -0.4 is 14.8 Å². The molecular formula is C17H18N2O3S. The van der Waals surface area contributed by atoms with Crippen molar-refractivity contribution >= 4 is 17.4 Å². The van der Waals surface area contributed by atoms with Gasteiger partial charge in [0.05, 0.1) is 6.54 Å². The second kappa shape index (κ2) is 6.12. The van der Waals surface area contributed by atoms with Crippen LogP contribution in [-0.2, 0) is 6.54 Å². The van der Waals surface area contributed by atoms with Crippen molar-refractivity contribution in [3.63, 3.8) is 0 Å². The number of carbonyl (C=O) groups excluding carboxylic acids is 1. The fourth-order valence-corrected chi connectivity index (χ4v) is 3.72. The molecule has 1 atom stereocenters. The molecule has 2 aliphatic heterocycles. The zero-order valence-corrected chi connectivity index (χ0v) is 13.5. The molecule has 4 rings (SSSR count). The average molecular weight is 330 g/mol. The highest BCUT2D eigenvalue weighted by Crippen LogP contribution is 2.37. The molecule has 0 saturated carbocycles. The standard InChI is InChI=1S/C17H18N2O3S/c20-17(18-9-14-2-1-7-23-14)19-6-5-13(10-19)12-3-4-15-16(8-12)22-11-21-15/h1-4,7-8,13H,5-6,9-11H2,(H,18,20). The number of likely N-dealkylation sites (tertiary alicyclic amines) is 1. The Kier molecular flexibility index (Phi) is 3.83. The molecule has 1 N–H and O–H groups in total. The molecule has 1 fully saturated rings. The molecule has 23 heavy (non-hydrogen) atoms. The number of nitrogens with one attached hydrogen (secondary N) is 1. The first-order valence-corrected chi connectivity index (χ1v) is 8.62. The van der Waals surface area contributed by atoms with Crippen LogP contribution in [0.1, 0.15) is 22.8 Å². The van der Waals surface area contributed by atoms with Gasteiger partial charge in [-0.15, -0.1) is 11.3 Å². The van der Waals surface area contributed by atoms with Crippen molar-refractivity contribution in [2.24, 2.45) is 0 Å². The second-order valence-electron chi connectivity index (χ2n) is 5.78. The van der Waals surface area contributed by atoms with E-state index in [1.165, 1.54) is 10.4 Å². The molecule has 1 aromatic carbocycles. The lowest BCUT2D eigenvalue weighted by atomic mass is 9.98. The second-order valence-corrected chi connectivity index (χ2v) is 6.81. The molecule has 2 aromatic rings. The first kappa shape index (κ1) is 14.4. The molecule has 2 amide bonds. The van der Waals surface area contributed by atoms with Crippen LogP contribution in [-0.4, -0.2) is 30.8 Å². The first-order chi connectivity index (χ1) is 11.3. The van der Waals surface area contributed by atoms with Gasteiger partial charge in [-0.1, -0.05) is 12.1 Å². The van der Waals surface area contributed by atoms with Crippen molar-refractivity contribution in [2.75, 3.05) is 19.9 Å². The highest BCUT2D eigenvalue weighted by Gasteiger charge is 2.28. The Morgan fingerprint density at radius 1 is 1.30 bits per heavy atom. The van der Waals surface area contributed by atoms with Crippen molar-refractivity contribution in [1.82, 2.24) is 10.2 Å². The van der Waals surface area contributed by atoms with Gasteiger partial charge in [-0.2, -0.15) is 0 Å². The summed E-state index contributed by atoms with van der Waals surface area (Å²) in [6.07, 6.45) is 0.978. The lowest BCUT2D eigenvalue weighted by Crippen LogP contribution is -2.37. The molecule has 2 aliphatic rings. The van der Waals surface area contributed by atoms with Gasteiger partial charge in [0.2, 0.25) is 6.79 Å². The number of urea groups is 1. The van der Waals surface area contributed by atoms with Gasteiger partial charge in [0.15, 0.2) is 11.5 Å². The predicted octanol–water partition coefficient (Wildman–Crippen LogP) is 3.18. The fourth-order valence-electron chi connectivity index (χ4n) is 3.07. The van der Waals surface area contributed by atoms with Crippen LogP contribution in [0.4, 0.5) is 4.79 Å². The quantitative estimate of drug-likeness (QED) is 0.940. The third-order valence-electron chi connectivity index (χ3n) is 4.34. The Balaban J connectivity index is 1.36. The Hall–Kier alpha value is -2.21. The van der Waals surface area contributed by atoms with Crippen LogP contribution in [0.2, 0.25) is 0 Å². The van der Waals surface area contributed by atoms with Gasteiger partial charge >= 0.3 is 6.03 Å². The smallest absolute Gasteiger partial charge is 0.317 e. The Morgan fingerprint density at radius 3 is 3.09 bits per heavy atom. The summed E-state index contributed by atoms with van der Waals surface area (Å²) in [6.45, 7) is 2.42. The first-order valence-electron chi connectivity index (χ1n) is 7.74. The van der Waals surface area contributed by atoms with Gasteiger partial charge in [-0.05, 0) is 35.6 Å². The van der Waals surface area contributed by atoms with E-state index in [0.29, 0.717) is 19.3 Å². The van der Waals surface area contributed by atoms with Gasteiger partial charge in [0.1, 0.15) is 0 Å². The number of ether oxygens (including phenoxy) is 2. The number of fused-ring (bicyclic) bond motifs is 1. The van der Waals surface area contributed by atoms with E-state index in [2.05, 4.69) is 11.4 Å². The monoisotopic (exact) mass is 330 g/mol. The van der Waals surface area contributed by atoms with Crippen molar-refractivity contribution in [1.29, 1.82) is 0 Å². The summed E-state index contributed by atoms with van der Waals surface area (Å²) in [5.41, 5.74) is 1.21. The van der Waals surface area contributed by atoms with E-state index in [1.807, 2.05) is 34.5 Å². The van der Waals surface area contributed by atoms with Crippen LogP contribution >= 0.6 is 11.3 Å². The Bertz CT molecular complexity index is 702. The largest absolute Gasteiger partial charge is 0.454 e. The number of thiophene rings is 1. The number of rotatable bonds is 3.